The number of hydrogen-bond acceptors (Lipinski definition) is 2. The molecule has 0 saturated heterocycles. The summed E-state index contributed by atoms with van der Waals surface area (Å²) in [6.45, 7) is 3.84. The molecule has 3 heteroatoms. The number of benzene rings is 1. The molecule has 0 spiro atoms. The van der Waals surface area contributed by atoms with Crippen molar-refractivity contribution in [1.29, 1.82) is 0 Å². The minimum Gasteiger partial charge on any atom is -0.392 e. The summed E-state index contributed by atoms with van der Waals surface area (Å²) in [7, 11) is 0. The van der Waals surface area contributed by atoms with Crippen molar-refractivity contribution in [3.05, 3.63) is 29.6 Å². The third-order valence-electron chi connectivity index (χ3n) is 1.60. The first-order valence-electron chi connectivity index (χ1n) is 4.20. The Morgan fingerprint density at radius 2 is 2.15 bits per heavy atom. The summed E-state index contributed by atoms with van der Waals surface area (Å²) in [5, 5.41) is 9.35. The molecule has 0 aromatic heterocycles. The van der Waals surface area contributed by atoms with Gasteiger partial charge in [-0.05, 0) is 12.1 Å². The predicted molar refractivity (Wildman–Crippen MR) is 53.3 cm³/mol. The second-order valence-electron chi connectivity index (χ2n) is 3.04. The minimum absolute atomic E-state index is 0.234. The van der Waals surface area contributed by atoms with Crippen LogP contribution in [0.4, 0.5) is 4.39 Å². The van der Waals surface area contributed by atoms with Gasteiger partial charge < -0.3 is 5.11 Å². The van der Waals surface area contributed by atoms with Gasteiger partial charge in [-0.2, -0.15) is 0 Å². The van der Waals surface area contributed by atoms with Gasteiger partial charge in [0, 0.05) is 15.7 Å². The van der Waals surface area contributed by atoms with E-state index in [-0.39, 0.29) is 12.4 Å². The Labute approximate surface area is 82.0 Å². The first kappa shape index (κ1) is 10.5. The van der Waals surface area contributed by atoms with E-state index >= 15 is 0 Å². The molecule has 1 nitrogen and oxygen atoms in total. The van der Waals surface area contributed by atoms with Crippen molar-refractivity contribution >= 4 is 11.8 Å². The molecule has 0 heterocycles. The molecule has 1 rings (SSSR count). The second-order valence-corrected chi connectivity index (χ2v) is 4.66. The molecule has 13 heavy (non-hydrogen) atoms. The molecular formula is C10H13FOS. The lowest BCUT2D eigenvalue weighted by Gasteiger charge is -2.09. The molecule has 0 bridgehead atoms. The molecule has 0 aliphatic heterocycles. The normalized spacial score (nSPS) is 10.8. The van der Waals surface area contributed by atoms with Crippen LogP contribution in [0.3, 0.4) is 0 Å². The number of aliphatic hydroxyl groups is 1. The van der Waals surface area contributed by atoms with Crippen LogP contribution in [0.15, 0.2) is 23.1 Å². The predicted octanol–water partition coefficient (Wildman–Crippen LogP) is 2.82. The first-order valence-corrected chi connectivity index (χ1v) is 5.08. The van der Waals surface area contributed by atoms with Crippen LogP contribution in [0.5, 0.6) is 0 Å². The van der Waals surface area contributed by atoms with Crippen LogP contribution in [0.25, 0.3) is 0 Å². The van der Waals surface area contributed by atoms with Gasteiger partial charge in [0.1, 0.15) is 5.82 Å². The van der Waals surface area contributed by atoms with Gasteiger partial charge in [-0.25, -0.2) is 4.39 Å². The third kappa shape index (κ3) is 2.71. The first-order chi connectivity index (χ1) is 6.15. The van der Waals surface area contributed by atoms with Gasteiger partial charge in [0.15, 0.2) is 0 Å². The standard InChI is InChI=1S/C10H13FOS/c1-7(2)13-10-5-3-4-9(11)8(10)6-12/h3-5,7,12H,6H2,1-2H3. The van der Waals surface area contributed by atoms with Crippen molar-refractivity contribution in [3.63, 3.8) is 0 Å². The number of thioether (sulfide) groups is 1. The smallest absolute Gasteiger partial charge is 0.129 e. The second kappa shape index (κ2) is 4.63. The lowest BCUT2D eigenvalue weighted by Crippen LogP contribution is -1.95. The monoisotopic (exact) mass is 200 g/mol. The average molecular weight is 200 g/mol. The Morgan fingerprint density at radius 1 is 1.46 bits per heavy atom. The summed E-state index contributed by atoms with van der Waals surface area (Å²) >= 11 is 1.56. The fourth-order valence-corrected chi connectivity index (χ4v) is 2.03. The highest BCUT2D eigenvalue weighted by atomic mass is 32.2. The van der Waals surface area contributed by atoms with Gasteiger partial charge in [-0.15, -0.1) is 11.8 Å². The maximum atomic E-state index is 13.1. The molecule has 0 saturated carbocycles. The zero-order chi connectivity index (χ0) is 9.84. The van der Waals surface area contributed by atoms with Crippen molar-refractivity contribution in [2.45, 2.75) is 30.6 Å². The van der Waals surface area contributed by atoms with E-state index in [4.69, 9.17) is 5.11 Å². The maximum absolute atomic E-state index is 13.1. The Bertz CT molecular complexity index is 286. The van der Waals surface area contributed by atoms with E-state index in [0.717, 1.165) is 4.90 Å². The van der Waals surface area contributed by atoms with Gasteiger partial charge in [-0.1, -0.05) is 19.9 Å². The van der Waals surface area contributed by atoms with E-state index in [1.54, 1.807) is 17.8 Å². The van der Waals surface area contributed by atoms with E-state index in [9.17, 15) is 4.39 Å². The maximum Gasteiger partial charge on any atom is 0.129 e. The average Bonchev–Trinajstić information content (AvgIpc) is 2.03. The SMILES string of the molecule is CC(C)Sc1cccc(F)c1CO. The third-order valence-corrected chi connectivity index (χ3v) is 2.70. The highest BCUT2D eigenvalue weighted by Crippen LogP contribution is 2.28. The number of hydrogen-bond donors (Lipinski definition) is 1. The quantitative estimate of drug-likeness (QED) is 0.757. The molecular weight excluding hydrogens is 187 g/mol. The van der Waals surface area contributed by atoms with E-state index in [1.807, 2.05) is 19.9 Å². The number of rotatable bonds is 3. The van der Waals surface area contributed by atoms with Gasteiger partial charge >= 0.3 is 0 Å². The Kier molecular flexibility index (Phi) is 3.75. The van der Waals surface area contributed by atoms with Crippen LogP contribution >= 0.6 is 11.8 Å². The highest BCUT2D eigenvalue weighted by molar-refractivity contribution is 8.00. The molecule has 0 fully saturated rings. The highest BCUT2D eigenvalue weighted by Gasteiger charge is 2.08. The van der Waals surface area contributed by atoms with Gasteiger partial charge in [0.05, 0.1) is 6.61 Å². The minimum atomic E-state index is -0.326. The molecule has 0 unspecified atom stereocenters. The van der Waals surface area contributed by atoms with Crippen LogP contribution in [-0.2, 0) is 6.61 Å². The zero-order valence-corrected chi connectivity index (χ0v) is 8.57. The zero-order valence-electron chi connectivity index (χ0n) is 7.75. The molecule has 0 amide bonds. The van der Waals surface area contributed by atoms with Gasteiger partial charge in [0.25, 0.3) is 0 Å². The summed E-state index contributed by atoms with van der Waals surface area (Å²) in [6, 6.07) is 4.87. The van der Waals surface area contributed by atoms with Crippen LogP contribution in [0.2, 0.25) is 0 Å². The summed E-state index contributed by atoms with van der Waals surface area (Å²) in [6.07, 6.45) is 0. The molecule has 0 aliphatic carbocycles. The van der Waals surface area contributed by atoms with E-state index in [1.165, 1.54) is 6.07 Å². The summed E-state index contributed by atoms with van der Waals surface area (Å²) < 4.78 is 13.1. The Balaban J connectivity index is 2.98. The van der Waals surface area contributed by atoms with Crippen LogP contribution in [0, 0.1) is 5.82 Å². The lowest BCUT2D eigenvalue weighted by molar-refractivity contribution is 0.272. The molecule has 0 atom stereocenters. The summed E-state index contributed by atoms with van der Waals surface area (Å²) in [5.74, 6) is -0.326. The number of halogens is 1. The fourth-order valence-electron chi connectivity index (χ4n) is 1.06. The van der Waals surface area contributed by atoms with E-state index in [0.29, 0.717) is 10.8 Å². The Hall–Kier alpha value is -0.540. The van der Waals surface area contributed by atoms with Crippen molar-refractivity contribution in [2.75, 3.05) is 0 Å². The summed E-state index contributed by atoms with van der Waals surface area (Å²) in [5.41, 5.74) is 0.404. The summed E-state index contributed by atoms with van der Waals surface area (Å²) in [4.78, 5) is 0.831. The lowest BCUT2D eigenvalue weighted by atomic mass is 10.2. The van der Waals surface area contributed by atoms with Gasteiger partial charge in [0.2, 0.25) is 0 Å². The van der Waals surface area contributed by atoms with Crippen molar-refractivity contribution < 1.29 is 9.50 Å². The van der Waals surface area contributed by atoms with E-state index in [2.05, 4.69) is 0 Å². The molecule has 1 aromatic rings. The Morgan fingerprint density at radius 3 is 2.69 bits per heavy atom. The molecule has 72 valence electrons. The molecule has 0 aliphatic rings. The van der Waals surface area contributed by atoms with Crippen LogP contribution in [0.1, 0.15) is 19.4 Å². The molecule has 1 aromatic carbocycles. The molecule has 0 radical (unpaired) electrons. The van der Waals surface area contributed by atoms with Crippen LogP contribution in [-0.4, -0.2) is 10.4 Å². The van der Waals surface area contributed by atoms with Crippen molar-refractivity contribution in [1.82, 2.24) is 0 Å². The van der Waals surface area contributed by atoms with E-state index < -0.39 is 0 Å². The molecule has 1 N–H and O–H groups in total. The number of aliphatic hydroxyl groups excluding tert-OH is 1. The van der Waals surface area contributed by atoms with Crippen molar-refractivity contribution in [3.8, 4) is 0 Å². The van der Waals surface area contributed by atoms with Crippen molar-refractivity contribution in [2.24, 2.45) is 0 Å². The van der Waals surface area contributed by atoms with Gasteiger partial charge in [-0.3, -0.25) is 0 Å². The fraction of sp³-hybridized carbons (Fsp3) is 0.400. The topological polar surface area (TPSA) is 20.2 Å². The largest absolute Gasteiger partial charge is 0.392 e. The van der Waals surface area contributed by atoms with Crippen LogP contribution < -0.4 is 0 Å².